The molecule has 35 heavy (non-hydrogen) atoms. The summed E-state index contributed by atoms with van der Waals surface area (Å²) in [4.78, 5) is 27.2. The van der Waals surface area contributed by atoms with Gasteiger partial charge in [-0.3, -0.25) is 0 Å². The summed E-state index contributed by atoms with van der Waals surface area (Å²) in [5, 5.41) is 6.64. The highest BCUT2D eigenvalue weighted by molar-refractivity contribution is 6.17. The number of nitrogens with zero attached hydrogens (tertiary/aromatic N) is 5. The van der Waals surface area contributed by atoms with Gasteiger partial charge in [-0.25, -0.2) is 9.79 Å². The number of aromatic amines is 1. The normalized spacial score (nSPS) is 14.8. The minimum Gasteiger partial charge on any atom is -0.481 e. The number of aromatic nitrogens is 2. The molecule has 1 aliphatic heterocycles. The van der Waals surface area contributed by atoms with Crippen molar-refractivity contribution in [1.82, 2.24) is 19.9 Å². The van der Waals surface area contributed by atoms with Crippen molar-refractivity contribution in [3.63, 3.8) is 0 Å². The minimum atomic E-state index is -0.462. The molecule has 0 unspecified atom stereocenters. The average Bonchev–Trinajstić information content (AvgIpc) is 3.31. The van der Waals surface area contributed by atoms with E-state index in [9.17, 15) is 4.79 Å². The number of hydrazone groups is 1. The van der Waals surface area contributed by atoms with Gasteiger partial charge in [-0.15, -0.1) is 0 Å². The number of esters is 1. The lowest BCUT2D eigenvalue weighted by Gasteiger charge is -2.33. The van der Waals surface area contributed by atoms with Crippen LogP contribution in [0.25, 0.3) is 11.0 Å². The van der Waals surface area contributed by atoms with Crippen molar-refractivity contribution in [3.8, 4) is 5.88 Å². The minimum absolute atomic E-state index is 0.258. The van der Waals surface area contributed by atoms with Crippen LogP contribution in [0.2, 0.25) is 0 Å². The molecule has 0 bridgehead atoms. The summed E-state index contributed by atoms with van der Waals surface area (Å²) in [6, 6.07) is 13.8. The van der Waals surface area contributed by atoms with Crippen molar-refractivity contribution in [2.24, 2.45) is 10.1 Å². The summed E-state index contributed by atoms with van der Waals surface area (Å²) >= 11 is 0. The van der Waals surface area contributed by atoms with Crippen LogP contribution in [0, 0.1) is 0 Å². The number of carbonyl (C=O) groups excluding carboxylic acids is 1. The number of aliphatic imine (C=N–C) groups is 1. The van der Waals surface area contributed by atoms with Gasteiger partial charge < -0.3 is 19.4 Å². The number of H-pyrrole nitrogens is 1. The first-order chi connectivity index (χ1) is 17.0. The standard InChI is InChI=1S/C26H28N6O3/c1-6-35-26(33)17(2)25-29-21(20-15-28-24-19(20)12-13-22(30-24)34-5)14-23(32(25)27-3)31(4)16-18-10-8-7-9-11-18/h7-15H,3,6,16H2,1-2,4-5H3,(H,28,30)/b25-17+. The summed E-state index contributed by atoms with van der Waals surface area (Å²) in [6.07, 6.45) is 3.77. The van der Waals surface area contributed by atoms with E-state index in [2.05, 4.69) is 33.9 Å². The molecule has 0 amide bonds. The van der Waals surface area contributed by atoms with Crippen LogP contribution < -0.4 is 4.74 Å². The van der Waals surface area contributed by atoms with Gasteiger partial charge in [0.2, 0.25) is 5.88 Å². The Labute approximate surface area is 204 Å². The fourth-order valence-corrected chi connectivity index (χ4v) is 3.86. The fraction of sp³-hybridized carbons (Fsp3) is 0.231. The Hall–Kier alpha value is -4.40. The highest BCUT2D eigenvalue weighted by Crippen LogP contribution is 2.30. The SMILES string of the molecule is C=NN1C(N(C)Cc2ccccc2)=CC(c2c[nH]c3nc(OC)ccc23)=N/C1=C(/C)C(=O)OCC. The van der Waals surface area contributed by atoms with Crippen molar-refractivity contribution in [2.75, 3.05) is 20.8 Å². The van der Waals surface area contributed by atoms with E-state index in [1.54, 1.807) is 32.0 Å². The van der Waals surface area contributed by atoms with Crippen LogP contribution in [0.4, 0.5) is 0 Å². The molecule has 180 valence electrons. The molecule has 2 aromatic heterocycles. The summed E-state index contributed by atoms with van der Waals surface area (Å²) < 4.78 is 10.5. The van der Waals surface area contributed by atoms with E-state index >= 15 is 0 Å². The van der Waals surface area contributed by atoms with Gasteiger partial charge in [0.1, 0.15) is 11.5 Å². The molecule has 1 aromatic carbocycles. The first-order valence-corrected chi connectivity index (χ1v) is 11.2. The molecule has 1 N–H and O–H groups in total. The second-order valence-corrected chi connectivity index (χ2v) is 7.92. The molecule has 0 saturated carbocycles. The van der Waals surface area contributed by atoms with Crippen molar-refractivity contribution >= 4 is 29.4 Å². The van der Waals surface area contributed by atoms with E-state index in [0.29, 0.717) is 41.0 Å². The lowest BCUT2D eigenvalue weighted by Crippen LogP contribution is -2.33. The molecule has 4 rings (SSSR count). The van der Waals surface area contributed by atoms with E-state index < -0.39 is 5.97 Å². The number of pyridine rings is 1. The monoisotopic (exact) mass is 472 g/mol. The molecule has 9 heteroatoms. The predicted octanol–water partition coefficient (Wildman–Crippen LogP) is 4.06. The second-order valence-electron chi connectivity index (χ2n) is 7.92. The largest absolute Gasteiger partial charge is 0.481 e. The lowest BCUT2D eigenvalue weighted by molar-refractivity contribution is -0.138. The number of ether oxygens (including phenoxy) is 2. The molecule has 0 atom stereocenters. The number of rotatable bonds is 8. The third-order valence-corrected chi connectivity index (χ3v) is 5.62. The van der Waals surface area contributed by atoms with Crippen LogP contribution in [-0.2, 0) is 16.1 Å². The number of hydrogen-bond acceptors (Lipinski definition) is 8. The summed E-state index contributed by atoms with van der Waals surface area (Å²) in [7, 11) is 3.53. The molecule has 0 saturated heterocycles. The molecule has 3 heterocycles. The fourth-order valence-electron chi connectivity index (χ4n) is 3.86. The van der Waals surface area contributed by atoms with E-state index in [-0.39, 0.29) is 6.61 Å². The highest BCUT2D eigenvalue weighted by atomic mass is 16.5. The Bertz CT molecular complexity index is 1340. The topological polar surface area (TPSA) is 95.4 Å². The molecule has 1 aliphatic rings. The van der Waals surface area contributed by atoms with Crippen LogP contribution >= 0.6 is 0 Å². The van der Waals surface area contributed by atoms with Gasteiger partial charge >= 0.3 is 5.97 Å². The molecule has 3 aromatic rings. The highest BCUT2D eigenvalue weighted by Gasteiger charge is 2.28. The van der Waals surface area contributed by atoms with Gasteiger partial charge in [0.25, 0.3) is 0 Å². The Morgan fingerprint density at radius 1 is 1.23 bits per heavy atom. The summed E-state index contributed by atoms with van der Waals surface area (Å²) in [6.45, 7) is 8.06. The van der Waals surface area contributed by atoms with Crippen molar-refractivity contribution in [3.05, 3.63) is 83.1 Å². The number of fused-ring (bicyclic) bond motifs is 1. The van der Waals surface area contributed by atoms with Crippen LogP contribution in [0.5, 0.6) is 5.88 Å². The van der Waals surface area contributed by atoms with Crippen LogP contribution in [-0.4, -0.2) is 59.0 Å². The number of carbonyl (C=O) groups is 1. The lowest BCUT2D eigenvalue weighted by atomic mass is 10.1. The number of benzene rings is 1. The summed E-state index contributed by atoms with van der Waals surface area (Å²) in [5.41, 5.74) is 3.61. The zero-order valence-corrected chi connectivity index (χ0v) is 20.3. The van der Waals surface area contributed by atoms with Gasteiger partial charge in [-0.2, -0.15) is 15.1 Å². The Balaban J connectivity index is 1.85. The van der Waals surface area contributed by atoms with Gasteiger partial charge in [0, 0.05) is 49.6 Å². The average molecular weight is 473 g/mol. The van der Waals surface area contributed by atoms with Gasteiger partial charge in [-0.1, -0.05) is 30.3 Å². The number of allylic oxidation sites excluding steroid dienone is 1. The van der Waals surface area contributed by atoms with Crippen LogP contribution in [0.1, 0.15) is 25.0 Å². The van der Waals surface area contributed by atoms with E-state index in [0.717, 1.165) is 16.5 Å². The smallest absolute Gasteiger partial charge is 0.337 e. The van der Waals surface area contributed by atoms with Crippen LogP contribution in [0.15, 0.2) is 82.0 Å². The Morgan fingerprint density at radius 2 is 2.00 bits per heavy atom. The maximum atomic E-state index is 12.6. The molecule has 0 aliphatic carbocycles. The second kappa shape index (κ2) is 10.3. The number of nitrogens with one attached hydrogen (secondary N) is 1. The third-order valence-electron chi connectivity index (χ3n) is 5.62. The zero-order chi connectivity index (χ0) is 24.9. The first kappa shape index (κ1) is 23.7. The molecule has 0 radical (unpaired) electrons. The molecule has 9 nitrogen and oxygen atoms in total. The first-order valence-electron chi connectivity index (χ1n) is 11.2. The predicted molar refractivity (Wildman–Crippen MR) is 136 cm³/mol. The Kier molecular flexibility index (Phi) is 6.96. The maximum absolute atomic E-state index is 12.6. The van der Waals surface area contributed by atoms with Gasteiger partial charge in [-0.05, 0) is 25.5 Å². The van der Waals surface area contributed by atoms with Crippen molar-refractivity contribution in [1.29, 1.82) is 0 Å². The summed E-state index contributed by atoms with van der Waals surface area (Å²) in [5.74, 6) is 1.11. The maximum Gasteiger partial charge on any atom is 0.337 e. The number of methoxy groups -OCH3 is 1. The van der Waals surface area contributed by atoms with E-state index in [4.69, 9.17) is 14.5 Å². The van der Waals surface area contributed by atoms with Gasteiger partial charge in [0.05, 0.1) is 25.0 Å². The molecule has 0 spiro atoms. The number of hydrogen-bond donors (Lipinski definition) is 1. The van der Waals surface area contributed by atoms with E-state index in [1.807, 2.05) is 48.5 Å². The van der Waals surface area contributed by atoms with E-state index in [1.165, 1.54) is 0 Å². The zero-order valence-electron chi connectivity index (χ0n) is 20.3. The van der Waals surface area contributed by atoms with Crippen LogP contribution in [0.3, 0.4) is 0 Å². The molecular weight excluding hydrogens is 444 g/mol. The quantitative estimate of drug-likeness (QED) is 0.302. The third kappa shape index (κ3) is 4.79. The molecule has 0 fully saturated rings. The van der Waals surface area contributed by atoms with Crippen molar-refractivity contribution in [2.45, 2.75) is 20.4 Å². The molecular formula is C26H28N6O3. The Morgan fingerprint density at radius 3 is 2.69 bits per heavy atom. The van der Waals surface area contributed by atoms with Crippen molar-refractivity contribution < 1.29 is 14.3 Å². The van der Waals surface area contributed by atoms with Gasteiger partial charge in [0.15, 0.2) is 5.82 Å².